The van der Waals surface area contributed by atoms with E-state index in [2.05, 4.69) is 10.3 Å². The summed E-state index contributed by atoms with van der Waals surface area (Å²) >= 11 is 1.59. The predicted octanol–water partition coefficient (Wildman–Crippen LogP) is 2.66. The average Bonchev–Trinajstić information content (AvgIpc) is 3.01. The number of nitrogens with zero attached hydrogens (tertiary/aromatic N) is 1. The van der Waals surface area contributed by atoms with Crippen molar-refractivity contribution < 1.29 is 9.53 Å². The topological polar surface area (TPSA) is 77.2 Å². The van der Waals surface area contributed by atoms with E-state index in [4.69, 9.17) is 10.5 Å². The van der Waals surface area contributed by atoms with Gasteiger partial charge >= 0.3 is 0 Å². The number of hydrogen-bond donors (Lipinski definition) is 2. The van der Waals surface area contributed by atoms with Crippen molar-refractivity contribution >= 4 is 22.9 Å². The number of carbonyl (C=O) groups is 1. The van der Waals surface area contributed by atoms with Crippen molar-refractivity contribution in [2.45, 2.75) is 19.8 Å². The van der Waals surface area contributed by atoms with Gasteiger partial charge < -0.3 is 15.8 Å². The van der Waals surface area contributed by atoms with E-state index < -0.39 is 0 Å². The number of ether oxygens (including phenoxy) is 1. The highest BCUT2D eigenvalue weighted by molar-refractivity contribution is 7.09. The van der Waals surface area contributed by atoms with E-state index in [1.807, 2.05) is 19.2 Å². The molecule has 0 saturated heterocycles. The van der Waals surface area contributed by atoms with Crippen LogP contribution in [0.25, 0.3) is 0 Å². The molecular weight excluding hydrogens is 286 g/mol. The fourth-order valence-electron chi connectivity index (χ4n) is 1.89. The molecular formula is C15H19N3O2S. The molecule has 3 N–H and O–H groups in total. The third-order valence-corrected chi connectivity index (χ3v) is 4.02. The lowest BCUT2D eigenvalue weighted by Crippen LogP contribution is -2.27. The van der Waals surface area contributed by atoms with Crippen LogP contribution in [-0.4, -0.2) is 24.0 Å². The molecule has 1 aromatic heterocycles. The zero-order valence-electron chi connectivity index (χ0n) is 12.1. The van der Waals surface area contributed by atoms with E-state index in [1.165, 1.54) is 0 Å². The highest BCUT2D eigenvalue weighted by Crippen LogP contribution is 2.22. The first-order valence-electron chi connectivity index (χ1n) is 6.81. The second-order valence-corrected chi connectivity index (χ2v) is 5.59. The van der Waals surface area contributed by atoms with Gasteiger partial charge in [-0.25, -0.2) is 4.98 Å². The molecule has 0 fully saturated rings. The first kappa shape index (κ1) is 15.3. The molecule has 21 heavy (non-hydrogen) atoms. The van der Waals surface area contributed by atoms with Crippen molar-refractivity contribution in [1.82, 2.24) is 10.3 Å². The Balaban J connectivity index is 1.95. The number of benzene rings is 1. The Labute approximate surface area is 128 Å². The molecule has 1 aromatic carbocycles. The molecule has 1 atom stereocenters. The normalized spacial score (nSPS) is 11.9. The number of nitrogens with two attached hydrogens (primary N) is 1. The van der Waals surface area contributed by atoms with E-state index in [9.17, 15) is 4.79 Å². The van der Waals surface area contributed by atoms with Gasteiger partial charge in [-0.05, 0) is 25.1 Å². The summed E-state index contributed by atoms with van der Waals surface area (Å²) in [6, 6.07) is 5.07. The van der Waals surface area contributed by atoms with Gasteiger partial charge in [-0.1, -0.05) is 6.92 Å². The zero-order valence-corrected chi connectivity index (χ0v) is 12.9. The van der Waals surface area contributed by atoms with Crippen LogP contribution in [-0.2, 0) is 0 Å². The van der Waals surface area contributed by atoms with Crippen molar-refractivity contribution in [1.29, 1.82) is 0 Å². The van der Waals surface area contributed by atoms with Gasteiger partial charge in [0, 0.05) is 29.6 Å². The highest BCUT2D eigenvalue weighted by Gasteiger charge is 2.12. The summed E-state index contributed by atoms with van der Waals surface area (Å²) in [4.78, 5) is 16.4. The molecule has 2 rings (SSSR count). The molecule has 0 aliphatic carbocycles. The SMILES string of the molecule is CCOc1ccc(C(=O)NCC(C)c2nccs2)cc1N. The fourth-order valence-corrected chi connectivity index (χ4v) is 2.59. The Bertz CT molecular complexity index is 599. The molecule has 1 heterocycles. The quantitative estimate of drug-likeness (QED) is 0.804. The summed E-state index contributed by atoms with van der Waals surface area (Å²) in [5, 5.41) is 5.84. The van der Waals surface area contributed by atoms with Gasteiger partial charge in [-0.2, -0.15) is 0 Å². The summed E-state index contributed by atoms with van der Waals surface area (Å²) in [7, 11) is 0. The monoisotopic (exact) mass is 305 g/mol. The Hall–Kier alpha value is -2.08. The lowest BCUT2D eigenvalue weighted by molar-refractivity contribution is 0.0951. The summed E-state index contributed by atoms with van der Waals surface area (Å²) in [6.07, 6.45) is 1.77. The number of nitrogens with one attached hydrogen (secondary N) is 1. The predicted molar refractivity (Wildman–Crippen MR) is 84.9 cm³/mol. The molecule has 0 aliphatic rings. The number of nitrogen functional groups attached to an aromatic ring is 1. The standard InChI is InChI=1S/C15H19N3O2S/c1-3-20-13-5-4-11(8-12(13)16)14(19)18-9-10(2)15-17-6-7-21-15/h4-8,10H,3,9,16H2,1-2H3,(H,18,19). The number of hydrogen-bond acceptors (Lipinski definition) is 5. The van der Waals surface area contributed by atoms with Crippen LogP contribution in [0.1, 0.15) is 35.1 Å². The lowest BCUT2D eigenvalue weighted by atomic mass is 10.1. The molecule has 6 heteroatoms. The van der Waals surface area contributed by atoms with Gasteiger partial charge in [0.25, 0.3) is 5.91 Å². The van der Waals surface area contributed by atoms with Crippen LogP contribution in [0.2, 0.25) is 0 Å². The van der Waals surface area contributed by atoms with Crippen LogP contribution in [0.3, 0.4) is 0 Å². The van der Waals surface area contributed by atoms with Crippen molar-refractivity contribution in [2.24, 2.45) is 0 Å². The van der Waals surface area contributed by atoms with Gasteiger partial charge in [0.2, 0.25) is 0 Å². The maximum absolute atomic E-state index is 12.1. The summed E-state index contributed by atoms with van der Waals surface area (Å²) in [6.45, 7) is 5.01. The van der Waals surface area contributed by atoms with Crippen LogP contribution in [0.4, 0.5) is 5.69 Å². The number of amides is 1. The maximum Gasteiger partial charge on any atom is 0.251 e. The Morgan fingerprint density at radius 2 is 2.33 bits per heavy atom. The number of anilines is 1. The second kappa shape index (κ2) is 7.08. The van der Waals surface area contributed by atoms with Crippen LogP contribution in [0, 0.1) is 0 Å². The van der Waals surface area contributed by atoms with Gasteiger partial charge in [0.05, 0.1) is 17.3 Å². The molecule has 0 radical (unpaired) electrons. The van der Waals surface area contributed by atoms with Crippen LogP contribution < -0.4 is 15.8 Å². The third kappa shape index (κ3) is 3.95. The Kier molecular flexibility index (Phi) is 5.16. The van der Waals surface area contributed by atoms with E-state index in [-0.39, 0.29) is 11.8 Å². The first-order valence-corrected chi connectivity index (χ1v) is 7.69. The van der Waals surface area contributed by atoms with Crippen LogP contribution in [0.15, 0.2) is 29.8 Å². The largest absolute Gasteiger partial charge is 0.492 e. The van der Waals surface area contributed by atoms with E-state index in [0.29, 0.717) is 30.2 Å². The molecule has 0 bridgehead atoms. The van der Waals surface area contributed by atoms with Gasteiger partial charge in [-0.15, -0.1) is 11.3 Å². The minimum absolute atomic E-state index is 0.145. The van der Waals surface area contributed by atoms with Crippen molar-refractivity contribution in [2.75, 3.05) is 18.9 Å². The lowest BCUT2D eigenvalue weighted by Gasteiger charge is -2.11. The molecule has 0 spiro atoms. The van der Waals surface area contributed by atoms with Gasteiger partial charge in [0.1, 0.15) is 5.75 Å². The summed E-state index contributed by atoms with van der Waals surface area (Å²) in [5.41, 5.74) is 6.86. The van der Waals surface area contributed by atoms with E-state index >= 15 is 0 Å². The van der Waals surface area contributed by atoms with Crippen LogP contribution >= 0.6 is 11.3 Å². The van der Waals surface area contributed by atoms with Gasteiger partial charge in [-0.3, -0.25) is 4.79 Å². The summed E-state index contributed by atoms with van der Waals surface area (Å²) in [5.74, 6) is 0.646. The minimum atomic E-state index is -0.145. The Morgan fingerprint density at radius 1 is 1.52 bits per heavy atom. The number of carbonyl (C=O) groups excluding carboxylic acids is 1. The molecule has 0 aliphatic heterocycles. The molecule has 1 unspecified atom stereocenters. The smallest absolute Gasteiger partial charge is 0.251 e. The van der Waals surface area contributed by atoms with Crippen molar-refractivity contribution in [3.63, 3.8) is 0 Å². The second-order valence-electron chi connectivity index (χ2n) is 4.67. The number of rotatable bonds is 6. The van der Waals surface area contributed by atoms with Gasteiger partial charge in [0.15, 0.2) is 0 Å². The molecule has 2 aromatic rings. The molecule has 5 nitrogen and oxygen atoms in total. The third-order valence-electron chi connectivity index (χ3n) is 3.01. The van der Waals surface area contributed by atoms with Crippen molar-refractivity contribution in [3.05, 3.63) is 40.3 Å². The zero-order chi connectivity index (χ0) is 15.2. The maximum atomic E-state index is 12.1. The average molecular weight is 305 g/mol. The molecule has 0 saturated carbocycles. The van der Waals surface area contributed by atoms with E-state index in [1.54, 1.807) is 35.7 Å². The fraction of sp³-hybridized carbons (Fsp3) is 0.333. The van der Waals surface area contributed by atoms with E-state index in [0.717, 1.165) is 5.01 Å². The molecule has 112 valence electrons. The number of aromatic nitrogens is 1. The first-order chi connectivity index (χ1) is 10.1. The Morgan fingerprint density at radius 3 is 2.95 bits per heavy atom. The summed E-state index contributed by atoms with van der Waals surface area (Å²) < 4.78 is 5.35. The number of thiazole rings is 1. The molecule has 1 amide bonds. The van der Waals surface area contributed by atoms with Crippen LogP contribution in [0.5, 0.6) is 5.75 Å². The highest BCUT2D eigenvalue weighted by atomic mass is 32.1. The minimum Gasteiger partial charge on any atom is -0.492 e. The van der Waals surface area contributed by atoms with Crippen molar-refractivity contribution in [3.8, 4) is 5.75 Å².